The molecule has 0 radical (unpaired) electrons. The molecule has 0 amide bonds. The summed E-state index contributed by atoms with van der Waals surface area (Å²) in [5.74, 6) is 0. The topological polar surface area (TPSA) is 29.3 Å². The van der Waals surface area contributed by atoms with E-state index in [0.717, 1.165) is 32.6 Å². The monoisotopic (exact) mass is 296 g/mol. The van der Waals surface area contributed by atoms with Crippen LogP contribution in [0.1, 0.15) is 36.8 Å². The van der Waals surface area contributed by atoms with Crippen molar-refractivity contribution in [2.45, 2.75) is 38.8 Å². The number of benzene rings is 2. The maximum atomic E-state index is 5.56. The van der Waals surface area contributed by atoms with Gasteiger partial charge in [0.1, 0.15) is 0 Å². The largest absolute Gasteiger partial charge is 0.330 e. The third-order valence-corrected chi connectivity index (χ3v) is 3.93. The van der Waals surface area contributed by atoms with Crippen molar-refractivity contribution in [3.63, 3.8) is 0 Å². The molecule has 0 aromatic heterocycles. The second kappa shape index (κ2) is 10.1. The Morgan fingerprint density at radius 1 is 0.636 bits per heavy atom. The number of nitrogens with two attached hydrogens (primary N) is 1. The normalized spacial score (nSPS) is 11.0. The fourth-order valence-corrected chi connectivity index (χ4v) is 2.73. The van der Waals surface area contributed by atoms with Crippen LogP contribution in [0.4, 0.5) is 0 Å². The van der Waals surface area contributed by atoms with Gasteiger partial charge >= 0.3 is 0 Å². The van der Waals surface area contributed by atoms with Crippen molar-refractivity contribution in [3.8, 4) is 0 Å². The van der Waals surface area contributed by atoms with E-state index >= 15 is 0 Å². The van der Waals surface area contributed by atoms with Crippen LogP contribution < -0.4 is 5.73 Å². The lowest BCUT2D eigenvalue weighted by Crippen LogP contribution is -2.24. The Kier molecular flexibility index (Phi) is 7.71. The van der Waals surface area contributed by atoms with Gasteiger partial charge in [-0.15, -0.1) is 0 Å². The van der Waals surface area contributed by atoms with Gasteiger partial charge in [0.05, 0.1) is 0 Å². The van der Waals surface area contributed by atoms with Crippen molar-refractivity contribution in [2.24, 2.45) is 5.73 Å². The van der Waals surface area contributed by atoms with Gasteiger partial charge in [0, 0.05) is 13.1 Å². The zero-order chi connectivity index (χ0) is 15.5. The second-order valence-electron chi connectivity index (χ2n) is 5.88. The fraction of sp³-hybridized carbons (Fsp3) is 0.400. The molecule has 0 fully saturated rings. The predicted molar refractivity (Wildman–Crippen MR) is 94.5 cm³/mol. The first-order valence-electron chi connectivity index (χ1n) is 8.39. The highest BCUT2D eigenvalue weighted by Gasteiger charge is 2.07. The highest BCUT2D eigenvalue weighted by Crippen LogP contribution is 2.12. The summed E-state index contributed by atoms with van der Waals surface area (Å²) >= 11 is 0. The molecule has 2 aromatic rings. The van der Waals surface area contributed by atoms with Crippen LogP contribution in [0.3, 0.4) is 0 Å². The molecular weight excluding hydrogens is 268 g/mol. The van der Waals surface area contributed by atoms with E-state index in [9.17, 15) is 0 Å². The first-order chi connectivity index (χ1) is 10.9. The smallest absolute Gasteiger partial charge is 0.0237 e. The molecular formula is C20H28N2. The van der Waals surface area contributed by atoms with Crippen molar-refractivity contribution < 1.29 is 0 Å². The van der Waals surface area contributed by atoms with Gasteiger partial charge < -0.3 is 5.73 Å². The molecule has 22 heavy (non-hydrogen) atoms. The molecule has 2 heteroatoms. The molecule has 0 aliphatic heterocycles. The van der Waals surface area contributed by atoms with Gasteiger partial charge in [-0.2, -0.15) is 0 Å². The molecule has 2 N–H and O–H groups in total. The predicted octanol–water partition coefficient (Wildman–Crippen LogP) is 4.21. The highest BCUT2D eigenvalue weighted by molar-refractivity contribution is 5.17. The lowest BCUT2D eigenvalue weighted by molar-refractivity contribution is 0.250. The van der Waals surface area contributed by atoms with Crippen molar-refractivity contribution in [3.05, 3.63) is 71.8 Å². The first-order valence-corrected chi connectivity index (χ1v) is 8.39. The standard InChI is InChI=1S/C20H28N2/c21-15-9-1-2-10-16-22(17-19-11-5-3-6-12-19)18-20-13-7-4-8-14-20/h3-8,11-14H,1-2,9-10,15-18,21H2. The number of unbranched alkanes of at least 4 members (excludes halogenated alkanes) is 3. The van der Waals surface area contributed by atoms with Crippen molar-refractivity contribution in [2.75, 3.05) is 13.1 Å². The number of hydrogen-bond acceptors (Lipinski definition) is 2. The van der Waals surface area contributed by atoms with Gasteiger partial charge in [-0.3, -0.25) is 4.90 Å². The zero-order valence-electron chi connectivity index (χ0n) is 13.5. The summed E-state index contributed by atoms with van der Waals surface area (Å²) in [6, 6.07) is 21.5. The molecule has 0 unspecified atom stereocenters. The third kappa shape index (κ3) is 6.42. The summed E-state index contributed by atoms with van der Waals surface area (Å²) in [7, 11) is 0. The maximum Gasteiger partial charge on any atom is 0.0237 e. The SMILES string of the molecule is NCCCCCCN(Cc1ccccc1)Cc1ccccc1. The molecule has 0 spiro atoms. The zero-order valence-corrected chi connectivity index (χ0v) is 13.5. The molecule has 0 atom stereocenters. The van der Waals surface area contributed by atoms with Crippen LogP contribution in [0.25, 0.3) is 0 Å². The van der Waals surface area contributed by atoms with E-state index < -0.39 is 0 Å². The molecule has 2 aromatic carbocycles. The Morgan fingerprint density at radius 2 is 1.14 bits per heavy atom. The average molecular weight is 296 g/mol. The fourth-order valence-electron chi connectivity index (χ4n) is 2.73. The second-order valence-corrected chi connectivity index (χ2v) is 5.88. The van der Waals surface area contributed by atoms with Crippen LogP contribution in [-0.2, 0) is 13.1 Å². The maximum absolute atomic E-state index is 5.56. The summed E-state index contributed by atoms with van der Waals surface area (Å²) in [6.07, 6.45) is 4.93. The Labute approximate surface area is 135 Å². The molecule has 0 aliphatic rings. The highest BCUT2D eigenvalue weighted by atomic mass is 15.1. The van der Waals surface area contributed by atoms with Crippen LogP contribution >= 0.6 is 0 Å². The lowest BCUT2D eigenvalue weighted by Gasteiger charge is -2.22. The number of nitrogens with zero attached hydrogens (tertiary/aromatic N) is 1. The van der Waals surface area contributed by atoms with Gasteiger partial charge in [0.2, 0.25) is 0 Å². The molecule has 0 bridgehead atoms. The van der Waals surface area contributed by atoms with Gasteiger partial charge in [-0.25, -0.2) is 0 Å². The van der Waals surface area contributed by atoms with Crippen LogP contribution in [-0.4, -0.2) is 18.0 Å². The van der Waals surface area contributed by atoms with Crippen LogP contribution in [0.15, 0.2) is 60.7 Å². The molecule has 0 heterocycles. The van der Waals surface area contributed by atoms with Gasteiger partial charge in [-0.1, -0.05) is 73.5 Å². The summed E-state index contributed by atoms with van der Waals surface area (Å²) in [6.45, 7) is 4.01. The van der Waals surface area contributed by atoms with Crippen LogP contribution in [0, 0.1) is 0 Å². The molecule has 2 rings (SSSR count). The van der Waals surface area contributed by atoms with E-state index in [-0.39, 0.29) is 0 Å². The lowest BCUT2D eigenvalue weighted by atomic mass is 10.1. The quantitative estimate of drug-likeness (QED) is 0.666. The van der Waals surface area contributed by atoms with Crippen LogP contribution in [0.5, 0.6) is 0 Å². The molecule has 0 saturated heterocycles. The summed E-state index contributed by atoms with van der Waals surface area (Å²) in [5, 5.41) is 0. The Bertz CT molecular complexity index is 454. The van der Waals surface area contributed by atoms with Gasteiger partial charge in [0.15, 0.2) is 0 Å². The minimum absolute atomic E-state index is 0.817. The molecule has 2 nitrogen and oxygen atoms in total. The first kappa shape index (κ1) is 16.7. The van der Waals surface area contributed by atoms with Gasteiger partial charge in [-0.05, 0) is 37.1 Å². The van der Waals surface area contributed by atoms with Crippen molar-refractivity contribution >= 4 is 0 Å². The number of hydrogen-bond donors (Lipinski definition) is 1. The third-order valence-electron chi connectivity index (χ3n) is 3.93. The average Bonchev–Trinajstić information content (AvgIpc) is 2.56. The number of rotatable bonds is 10. The van der Waals surface area contributed by atoms with E-state index in [1.54, 1.807) is 0 Å². The Morgan fingerprint density at radius 3 is 1.64 bits per heavy atom. The van der Waals surface area contributed by atoms with E-state index in [2.05, 4.69) is 65.6 Å². The molecule has 118 valence electrons. The minimum atomic E-state index is 0.817. The van der Waals surface area contributed by atoms with E-state index in [1.165, 1.54) is 30.4 Å². The van der Waals surface area contributed by atoms with Crippen molar-refractivity contribution in [1.82, 2.24) is 4.90 Å². The molecule has 0 aliphatic carbocycles. The van der Waals surface area contributed by atoms with Crippen molar-refractivity contribution in [1.29, 1.82) is 0 Å². The van der Waals surface area contributed by atoms with Crippen LogP contribution in [0.2, 0.25) is 0 Å². The minimum Gasteiger partial charge on any atom is -0.330 e. The Hall–Kier alpha value is -1.64. The summed E-state index contributed by atoms with van der Waals surface area (Å²) < 4.78 is 0. The van der Waals surface area contributed by atoms with Gasteiger partial charge in [0.25, 0.3) is 0 Å². The Balaban J connectivity index is 1.88. The summed E-state index contributed by atoms with van der Waals surface area (Å²) in [5.41, 5.74) is 8.34. The summed E-state index contributed by atoms with van der Waals surface area (Å²) in [4.78, 5) is 2.55. The van der Waals surface area contributed by atoms with E-state index in [4.69, 9.17) is 5.73 Å². The van der Waals surface area contributed by atoms with E-state index in [0.29, 0.717) is 0 Å². The molecule has 0 saturated carbocycles. The van der Waals surface area contributed by atoms with E-state index in [1.807, 2.05) is 0 Å².